The third kappa shape index (κ3) is 4.66. The Morgan fingerprint density at radius 3 is 2.57 bits per heavy atom. The van der Waals surface area contributed by atoms with Crippen molar-refractivity contribution in [1.29, 1.82) is 0 Å². The fraction of sp³-hybridized carbons (Fsp3) is 0.533. The number of hydrogen-bond acceptors (Lipinski definition) is 2. The molecule has 0 aliphatic heterocycles. The Bertz CT molecular complexity index is 528. The van der Waals surface area contributed by atoms with Crippen molar-refractivity contribution in [3.8, 4) is 0 Å². The summed E-state index contributed by atoms with van der Waals surface area (Å²) in [6.07, 6.45) is 2.73. The second-order valence-corrected chi connectivity index (χ2v) is 7.23. The van der Waals surface area contributed by atoms with E-state index in [2.05, 4.69) is 19.2 Å². The summed E-state index contributed by atoms with van der Waals surface area (Å²) in [7, 11) is 0. The van der Waals surface area contributed by atoms with Crippen LogP contribution in [-0.4, -0.2) is 17.5 Å². The van der Waals surface area contributed by atoms with Crippen LogP contribution in [0.2, 0.25) is 0 Å². The van der Waals surface area contributed by atoms with E-state index in [1.165, 1.54) is 18.2 Å². The first-order valence-electron chi connectivity index (χ1n) is 6.82. The summed E-state index contributed by atoms with van der Waals surface area (Å²) in [6, 6.07) is 5.88. The molecule has 0 aromatic heterocycles. The summed E-state index contributed by atoms with van der Waals surface area (Å²) in [6.45, 7) is 4.26. The molecule has 0 saturated heterocycles. The van der Waals surface area contributed by atoms with E-state index in [4.69, 9.17) is 0 Å². The topological polar surface area (TPSA) is 29.1 Å². The van der Waals surface area contributed by atoms with Crippen LogP contribution in [-0.2, 0) is 0 Å². The number of amides is 1. The van der Waals surface area contributed by atoms with Crippen molar-refractivity contribution in [3.05, 3.63) is 29.8 Å². The zero-order chi connectivity index (χ0) is 15.7. The van der Waals surface area contributed by atoms with Crippen molar-refractivity contribution >= 4 is 17.7 Å². The molecule has 1 N–H and O–H groups in total. The normalized spacial score (nSPS) is 21.3. The summed E-state index contributed by atoms with van der Waals surface area (Å²) in [4.78, 5) is 12.2. The number of nitrogens with one attached hydrogen (secondary N) is 1. The average molecular weight is 317 g/mol. The molecular formula is C15H18F3NOS. The van der Waals surface area contributed by atoms with E-state index in [0.29, 0.717) is 0 Å². The molecule has 0 bridgehead atoms. The van der Waals surface area contributed by atoms with Gasteiger partial charge in [0.25, 0.3) is 5.91 Å². The van der Waals surface area contributed by atoms with E-state index in [-0.39, 0.29) is 33.7 Å². The molecule has 0 radical (unpaired) electrons. The number of hydrogen-bond donors (Lipinski definition) is 1. The maximum atomic E-state index is 12.5. The van der Waals surface area contributed by atoms with Gasteiger partial charge in [-0.25, -0.2) is 0 Å². The first kappa shape index (κ1) is 16.2. The van der Waals surface area contributed by atoms with Gasteiger partial charge in [0.2, 0.25) is 0 Å². The lowest BCUT2D eigenvalue weighted by Crippen LogP contribution is -2.33. The molecular weight excluding hydrogens is 299 g/mol. The number of benzene rings is 1. The summed E-state index contributed by atoms with van der Waals surface area (Å²) in [5.74, 6) is -0.426. The Labute approximate surface area is 126 Å². The van der Waals surface area contributed by atoms with Gasteiger partial charge >= 0.3 is 5.51 Å². The van der Waals surface area contributed by atoms with Crippen molar-refractivity contribution in [3.63, 3.8) is 0 Å². The maximum absolute atomic E-state index is 12.5. The molecule has 0 heterocycles. The SMILES string of the molecule is CC1(C)CCC(NC(=O)c2ccccc2SC(F)(F)F)C1. The molecule has 1 amide bonds. The van der Waals surface area contributed by atoms with Crippen LogP contribution in [0.15, 0.2) is 29.2 Å². The molecule has 1 atom stereocenters. The average Bonchev–Trinajstić information content (AvgIpc) is 2.67. The van der Waals surface area contributed by atoms with Crippen molar-refractivity contribution in [1.82, 2.24) is 5.32 Å². The van der Waals surface area contributed by atoms with Gasteiger partial charge in [0.15, 0.2) is 0 Å². The van der Waals surface area contributed by atoms with E-state index in [0.717, 1.165) is 19.3 Å². The predicted octanol–water partition coefficient (Wildman–Crippen LogP) is 4.61. The highest BCUT2D eigenvalue weighted by atomic mass is 32.2. The number of halogens is 3. The third-order valence-electron chi connectivity index (χ3n) is 3.66. The molecule has 1 aromatic rings. The second-order valence-electron chi connectivity index (χ2n) is 6.12. The second kappa shape index (κ2) is 5.91. The standard InChI is InChI=1S/C15H18F3NOS/c1-14(2)8-7-10(9-14)19-13(20)11-5-3-4-6-12(11)21-15(16,17)18/h3-6,10H,7-9H2,1-2H3,(H,19,20). The fourth-order valence-corrected chi connectivity index (χ4v) is 3.36. The summed E-state index contributed by atoms with van der Waals surface area (Å²) in [5, 5.41) is 2.86. The quantitative estimate of drug-likeness (QED) is 0.825. The van der Waals surface area contributed by atoms with Crippen LogP contribution >= 0.6 is 11.8 Å². The molecule has 1 saturated carbocycles. The van der Waals surface area contributed by atoms with Gasteiger partial charge in [-0.3, -0.25) is 4.79 Å². The Hall–Kier alpha value is -1.17. The molecule has 1 aliphatic rings. The molecule has 2 rings (SSSR count). The molecule has 1 aromatic carbocycles. The van der Waals surface area contributed by atoms with Crippen LogP contribution in [0.1, 0.15) is 43.5 Å². The van der Waals surface area contributed by atoms with Gasteiger partial charge in [-0.1, -0.05) is 26.0 Å². The van der Waals surface area contributed by atoms with Crippen molar-refractivity contribution in [2.45, 2.75) is 49.6 Å². The summed E-state index contributed by atoms with van der Waals surface area (Å²) < 4.78 is 37.6. The molecule has 21 heavy (non-hydrogen) atoms. The lowest BCUT2D eigenvalue weighted by atomic mass is 9.92. The minimum Gasteiger partial charge on any atom is -0.349 e. The Morgan fingerprint density at radius 2 is 2.00 bits per heavy atom. The molecule has 1 aliphatic carbocycles. The first-order chi connectivity index (χ1) is 9.66. The van der Waals surface area contributed by atoms with Gasteiger partial charge in [-0.05, 0) is 48.6 Å². The van der Waals surface area contributed by atoms with E-state index in [1.54, 1.807) is 6.07 Å². The monoisotopic (exact) mass is 317 g/mol. The van der Waals surface area contributed by atoms with E-state index in [1.807, 2.05) is 0 Å². The van der Waals surface area contributed by atoms with E-state index >= 15 is 0 Å². The fourth-order valence-electron chi connectivity index (χ4n) is 2.69. The first-order valence-corrected chi connectivity index (χ1v) is 7.64. The zero-order valence-corrected chi connectivity index (χ0v) is 12.8. The van der Waals surface area contributed by atoms with Gasteiger partial charge in [-0.2, -0.15) is 13.2 Å². The maximum Gasteiger partial charge on any atom is 0.446 e. The largest absolute Gasteiger partial charge is 0.446 e. The number of rotatable bonds is 3. The zero-order valence-electron chi connectivity index (χ0n) is 12.0. The van der Waals surface area contributed by atoms with Gasteiger partial charge < -0.3 is 5.32 Å². The summed E-state index contributed by atoms with van der Waals surface area (Å²) in [5.41, 5.74) is -4.13. The number of thioether (sulfide) groups is 1. The van der Waals surface area contributed by atoms with Crippen molar-refractivity contribution < 1.29 is 18.0 Å². The Balaban J connectivity index is 2.09. The van der Waals surface area contributed by atoms with Crippen LogP contribution < -0.4 is 5.32 Å². The molecule has 1 fully saturated rings. The number of alkyl halides is 3. The van der Waals surface area contributed by atoms with Gasteiger partial charge in [0.1, 0.15) is 0 Å². The van der Waals surface area contributed by atoms with Crippen LogP contribution in [0.4, 0.5) is 13.2 Å². The van der Waals surface area contributed by atoms with Crippen LogP contribution in [0.5, 0.6) is 0 Å². The summed E-state index contributed by atoms with van der Waals surface area (Å²) >= 11 is -0.247. The number of carbonyl (C=O) groups excluding carboxylic acids is 1. The lowest BCUT2D eigenvalue weighted by Gasteiger charge is -2.18. The number of carbonyl (C=O) groups is 1. The van der Waals surface area contributed by atoms with Gasteiger partial charge in [0.05, 0.1) is 5.56 Å². The van der Waals surface area contributed by atoms with Crippen molar-refractivity contribution in [2.24, 2.45) is 5.41 Å². The third-order valence-corrected chi connectivity index (χ3v) is 4.47. The molecule has 2 nitrogen and oxygen atoms in total. The molecule has 6 heteroatoms. The molecule has 0 spiro atoms. The van der Waals surface area contributed by atoms with Crippen LogP contribution in [0.25, 0.3) is 0 Å². The van der Waals surface area contributed by atoms with E-state index < -0.39 is 11.4 Å². The highest BCUT2D eigenvalue weighted by Crippen LogP contribution is 2.39. The van der Waals surface area contributed by atoms with Crippen LogP contribution in [0, 0.1) is 5.41 Å². The van der Waals surface area contributed by atoms with Crippen molar-refractivity contribution in [2.75, 3.05) is 0 Å². The van der Waals surface area contributed by atoms with Gasteiger partial charge in [-0.15, -0.1) is 0 Å². The molecule has 1 unspecified atom stereocenters. The van der Waals surface area contributed by atoms with Crippen LogP contribution in [0.3, 0.4) is 0 Å². The minimum absolute atomic E-state index is 0.0384. The predicted molar refractivity (Wildman–Crippen MR) is 77.2 cm³/mol. The Kier molecular flexibility index (Phi) is 4.56. The van der Waals surface area contributed by atoms with Gasteiger partial charge in [0, 0.05) is 10.9 Å². The highest BCUT2D eigenvalue weighted by molar-refractivity contribution is 8.00. The smallest absolute Gasteiger partial charge is 0.349 e. The Morgan fingerprint density at radius 1 is 1.33 bits per heavy atom. The molecule has 116 valence electrons. The lowest BCUT2D eigenvalue weighted by molar-refractivity contribution is -0.0328. The van der Waals surface area contributed by atoms with E-state index in [9.17, 15) is 18.0 Å². The minimum atomic E-state index is -4.40. The highest BCUT2D eigenvalue weighted by Gasteiger charge is 2.34.